The van der Waals surface area contributed by atoms with Crippen molar-refractivity contribution in [3.05, 3.63) is 0 Å². The molecule has 0 heterocycles. The highest BCUT2D eigenvalue weighted by atomic mass is 32.2. The summed E-state index contributed by atoms with van der Waals surface area (Å²) in [5.74, 6) is 0.830. The zero-order valence-corrected chi connectivity index (χ0v) is 12.9. The maximum absolute atomic E-state index is 12.6. The van der Waals surface area contributed by atoms with Crippen LogP contribution in [0.25, 0.3) is 0 Å². The van der Waals surface area contributed by atoms with E-state index in [0.29, 0.717) is 11.7 Å². The van der Waals surface area contributed by atoms with E-state index in [2.05, 4.69) is 12.2 Å². The summed E-state index contributed by atoms with van der Waals surface area (Å²) in [7, 11) is -1.07. The maximum Gasteiger partial charge on any atom is 0.154 e. The molecule has 1 N–H and O–H groups in total. The summed E-state index contributed by atoms with van der Waals surface area (Å²) >= 11 is 0. The van der Waals surface area contributed by atoms with Gasteiger partial charge < -0.3 is 5.32 Å². The number of hydrogen-bond acceptors (Lipinski definition) is 3. The van der Waals surface area contributed by atoms with Crippen LogP contribution >= 0.6 is 0 Å². The molecule has 108 valence electrons. The van der Waals surface area contributed by atoms with E-state index >= 15 is 0 Å². The van der Waals surface area contributed by atoms with Crippen molar-refractivity contribution in [2.45, 2.75) is 70.1 Å². The molecule has 0 aromatic carbocycles. The van der Waals surface area contributed by atoms with Crippen LogP contribution in [0.1, 0.15) is 58.8 Å². The van der Waals surface area contributed by atoms with Crippen molar-refractivity contribution in [3.63, 3.8) is 0 Å². The Bertz CT molecular complexity index is 321. The average molecular weight is 275 g/mol. The van der Waals surface area contributed by atoms with Gasteiger partial charge in [0.15, 0.2) is 9.84 Å². The highest BCUT2D eigenvalue weighted by Crippen LogP contribution is 2.28. The molecular formula is C14H29NO2S. The second kappa shape index (κ2) is 7.49. The van der Waals surface area contributed by atoms with Gasteiger partial charge in [-0.1, -0.05) is 33.1 Å². The van der Waals surface area contributed by atoms with E-state index in [4.69, 9.17) is 0 Å². The summed E-state index contributed by atoms with van der Waals surface area (Å²) in [5.41, 5.74) is 0. The fourth-order valence-corrected chi connectivity index (χ4v) is 5.76. The molecule has 18 heavy (non-hydrogen) atoms. The molecule has 0 aliphatic heterocycles. The van der Waals surface area contributed by atoms with Crippen molar-refractivity contribution in [3.8, 4) is 0 Å². The molecule has 4 heteroatoms. The minimum absolute atomic E-state index is 0.117. The molecule has 0 aromatic rings. The maximum atomic E-state index is 12.6. The first-order valence-electron chi connectivity index (χ1n) is 7.44. The Hall–Kier alpha value is -0.0900. The summed E-state index contributed by atoms with van der Waals surface area (Å²) in [6.45, 7) is 4.11. The van der Waals surface area contributed by atoms with Crippen LogP contribution in [0.2, 0.25) is 0 Å². The Morgan fingerprint density at radius 1 is 1.22 bits per heavy atom. The molecule has 1 fully saturated rings. The van der Waals surface area contributed by atoms with Crippen LogP contribution in [0, 0.1) is 5.92 Å². The number of sulfone groups is 1. The minimum Gasteiger partial charge on any atom is -0.316 e. The highest BCUT2D eigenvalue weighted by Gasteiger charge is 2.33. The van der Waals surface area contributed by atoms with Crippen LogP contribution in [0.4, 0.5) is 0 Å². The van der Waals surface area contributed by atoms with Crippen LogP contribution in [0.5, 0.6) is 0 Å². The summed E-state index contributed by atoms with van der Waals surface area (Å²) in [6, 6.07) is 0.117. The van der Waals surface area contributed by atoms with Gasteiger partial charge in [0.2, 0.25) is 0 Å². The van der Waals surface area contributed by atoms with Crippen molar-refractivity contribution in [2.24, 2.45) is 5.92 Å². The van der Waals surface area contributed by atoms with E-state index in [1.165, 1.54) is 12.8 Å². The fourth-order valence-electron chi connectivity index (χ4n) is 3.25. The zero-order chi connectivity index (χ0) is 13.6. The van der Waals surface area contributed by atoms with E-state index in [1.807, 2.05) is 14.0 Å². The second-order valence-corrected chi connectivity index (χ2v) is 7.88. The summed E-state index contributed by atoms with van der Waals surface area (Å²) < 4.78 is 25.1. The highest BCUT2D eigenvalue weighted by molar-refractivity contribution is 7.92. The molecule has 0 radical (unpaired) electrons. The topological polar surface area (TPSA) is 46.2 Å². The fraction of sp³-hybridized carbons (Fsp3) is 1.00. The van der Waals surface area contributed by atoms with Crippen LogP contribution in [0.15, 0.2) is 0 Å². The lowest BCUT2D eigenvalue weighted by molar-refractivity contribution is 0.458. The van der Waals surface area contributed by atoms with Gasteiger partial charge in [0.1, 0.15) is 0 Å². The van der Waals surface area contributed by atoms with Gasteiger partial charge in [0.05, 0.1) is 11.0 Å². The lowest BCUT2D eigenvalue weighted by atomic mass is 10.1. The van der Waals surface area contributed by atoms with Crippen LogP contribution in [0.3, 0.4) is 0 Å². The SMILES string of the molecule is CCCC(NC)C(CC)S(=O)(=O)CC1CCCC1. The van der Waals surface area contributed by atoms with Gasteiger partial charge in [-0.15, -0.1) is 0 Å². The molecule has 1 rings (SSSR count). The molecule has 0 bridgehead atoms. The average Bonchev–Trinajstić information content (AvgIpc) is 2.80. The Labute approximate surface area is 113 Å². The zero-order valence-electron chi connectivity index (χ0n) is 12.1. The van der Waals surface area contributed by atoms with Crippen molar-refractivity contribution in [2.75, 3.05) is 12.8 Å². The van der Waals surface area contributed by atoms with Gasteiger partial charge in [0.25, 0.3) is 0 Å². The Balaban J connectivity index is 2.71. The van der Waals surface area contributed by atoms with Crippen LogP contribution in [-0.2, 0) is 9.84 Å². The number of hydrogen-bond donors (Lipinski definition) is 1. The monoisotopic (exact) mass is 275 g/mol. The molecule has 2 unspecified atom stereocenters. The standard InChI is InChI=1S/C14H29NO2S/c1-4-8-13(15-3)14(5-2)18(16,17)11-12-9-6-7-10-12/h12-15H,4-11H2,1-3H3. The quantitative estimate of drug-likeness (QED) is 0.741. The predicted molar refractivity (Wildman–Crippen MR) is 77.6 cm³/mol. The van der Waals surface area contributed by atoms with Gasteiger partial charge in [-0.25, -0.2) is 8.42 Å². The van der Waals surface area contributed by atoms with E-state index in [0.717, 1.165) is 32.1 Å². The van der Waals surface area contributed by atoms with Gasteiger partial charge in [0, 0.05) is 6.04 Å². The lowest BCUT2D eigenvalue weighted by Gasteiger charge is -2.26. The van der Waals surface area contributed by atoms with Gasteiger partial charge >= 0.3 is 0 Å². The van der Waals surface area contributed by atoms with Crippen LogP contribution in [-0.4, -0.2) is 32.5 Å². The number of rotatable bonds is 8. The van der Waals surface area contributed by atoms with Gasteiger partial charge in [-0.2, -0.15) is 0 Å². The molecule has 0 spiro atoms. The third-order valence-electron chi connectivity index (χ3n) is 4.23. The smallest absolute Gasteiger partial charge is 0.154 e. The molecule has 1 aliphatic carbocycles. The Morgan fingerprint density at radius 3 is 2.28 bits per heavy atom. The first-order valence-corrected chi connectivity index (χ1v) is 9.15. The van der Waals surface area contributed by atoms with Gasteiger partial charge in [-0.3, -0.25) is 0 Å². The van der Waals surface area contributed by atoms with Crippen molar-refractivity contribution in [1.82, 2.24) is 5.32 Å². The Kier molecular flexibility index (Phi) is 6.64. The second-order valence-electron chi connectivity index (χ2n) is 5.61. The minimum atomic E-state index is -2.95. The summed E-state index contributed by atoms with van der Waals surface area (Å²) in [4.78, 5) is 0. The first kappa shape index (κ1) is 16.0. The largest absolute Gasteiger partial charge is 0.316 e. The van der Waals surface area contributed by atoms with E-state index in [9.17, 15) is 8.42 Å². The lowest BCUT2D eigenvalue weighted by Crippen LogP contribution is -2.43. The van der Waals surface area contributed by atoms with Crippen molar-refractivity contribution in [1.29, 1.82) is 0 Å². The normalized spacial score (nSPS) is 21.1. The third kappa shape index (κ3) is 4.23. The van der Waals surface area contributed by atoms with Crippen molar-refractivity contribution < 1.29 is 8.42 Å². The molecule has 0 saturated heterocycles. The van der Waals surface area contributed by atoms with Crippen LogP contribution < -0.4 is 5.32 Å². The molecule has 0 amide bonds. The molecule has 0 aromatic heterocycles. The summed E-state index contributed by atoms with van der Waals surface area (Å²) in [5, 5.41) is 3.00. The van der Waals surface area contributed by atoms with E-state index in [-0.39, 0.29) is 11.3 Å². The van der Waals surface area contributed by atoms with E-state index in [1.54, 1.807) is 0 Å². The first-order chi connectivity index (χ1) is 8.55. The van der Waals surface area contributed by atoms with E-state index < -0.39 is 9.84 Å². The predicted octanol–water partition coefficient (Wildman–Crippen LogP) is 2.76. The third-order valence-corrected chi connectivity index (χ3v) is 6.75. The van der Waals surface area contributed by atoms with Crippen molar-refractivity contribution >= 4 is 9.84 Å². The molecule has 2 atom stereocenters. The molecule has 1 aliphatic rings. The molecule has 1 saturated carbocycles. The Morgan fingerprint density at radius 2 is 1.83 bits per heavy atom. The van der Waals surface area contributed by atoms with Gasteiger partial charge in [-0.05, 0) is 38.6 Å². The number of nitrogens with one attached hydrogen (secondary N) is 1. The molecular weight excluding hydrogens is 246 g/mol. The molecule has 3 nitrogen and oxygen atoms in total. The summed E-state index contributed by atoms with van der Waals surface area (Å²) in [6.07, 6.45) is 7.32.